The Balaban J connectivity index is 2.18. The Hall–Kier alpha value is -0.770. The lowest BCUT2D eigenvalue weighted by Crippen LogP contribution is -2.32. The molecule has 4 heteroatoms. The van der Waals surface area contributed by atoms with Gasteiger partial charge in [-0.1, -0.05) is 17.7 Å². The molecule has 1 aliphatic rings. The number of aliphatic hydroxyl groups excluding tert-OH is 1. The van der Waals surface area contributed by atoms with Crippen LogP contribution in [0.5, 0.6) is 0 Å². The minimum absolute atomic E-state index is 0.0307. The second-order valence-corrected chi connectivity index (χ2v) is 4.98. The summed E-state index contributed by atoms with van der Waals surface area (Å²) in [7, 11) is 0. The van der Waals surface area contributed by atoms with E-state index in [1.54, 1.807) is 0 Å². The third-order valence-corrected chi connectivity index (χ3v) is 3.78. The van der Waals surface area contributed by atoms with Crippen molar-refractivity contribution >= 4 is 17.3 Å². The van der Waals surface area contributed by atoms with Crippen LogP contribution in [0.2, 0.25) is 5.02 Å². The lowest BCUT2D eigenvalue weighted by atomic mass is 10.1. The highest BCUT2D eigenvalue weighted by atomic mass is 35.5. The van der Waals surface area contributed by atoms with Crippen molar-refractivity contribution in [2.24, 2.45) is 0 Å². The lowest BCUT2D eigenvalue weighted by molar-refractivity contribution is 0.115. The number of ether oxygens (including phenoxy) is 1. The average Bonchev–Trinajstić information content (AvgIpc) is 2.88. The number of hydrogen-bond acceptors (Lipinski definition) is 3. The molecule has 1 aliphatic heterocycles. The molecule has 0 bridgehead atoms. The molecular formula is C14H20ClNO2. The second-order valence-electron chi connectivity index (χ2n) is 4.57. The first-order valence-electron chi connectivity index (χ1n) is 6.51. The van der Waals surface area contributed by atoms with Gasteiger partial charge in [0.15, 0.2) is 0 Å². The summed E-state index contributed by atoms with van der Waals surface area (Å²) in [6.45, 7) is 4.69. The molecule has 1 aromatic carbocycles. The van der Waals surface area contributed by atoms with Crippen LogP contribution < -0.4 is 4.90 Å². The number of likely N-dealkylation sites (N-methyl/N-ethyl adjacent to an activating group) is 1. The normalized spacial score (nSPS) is 19.2. The highest BCUT2D eigenvalue weighted by Crippen LogP contribution is 2.28. The zero-order valence-electron chi connectivity index (χ0n) is 10.7. The second kappa shape index (κ2) is 6.41. The quantitative estimate of drug-likeness (QED) is 0.892. The standard InChI is InChI=1S/C14H20ClNO2/c1-2-16(9-11-5-4-8-18-11)14-7-3-6-13(15)12(14)10-17/h3,6-7,11,17H,2,4-5,8-10H2,1H3. The molecule has 0 aromatic heterocycles. The Labute approximate surface area is 113 Å². The van der Waals surface area contributed by atoms with Crippen LogP contribution in [0, 0.1) is 0 Å². The van der Waals surface area contributed by atoms with Gasteiger partial charge in [0.05, 0.1) is 12.7 Å². The molecule has 1 unspecified atom stereocenters. The number of hydrogen-bond donors (Lipinski definition) is 1. The molecule has 0 amide bonds. The van der Waals surface area contributed by atoms with Crippen molar-refractivity contribution in [3.63, 3.8) is 0 Å². The van der Waals surface area contributed by atoms with E-state index in [1.807, 2.05) is 18.2 Å². The summed E-state index contributed by atoms with van der Waals surface area (Å²) in [6, 6.07) is 5.75. The summed E-state index contributed by atoms with van der Waals surface area (Å²) in [5.41, 5.74) is 1.82. The summed E-state index contributed by atoms with van der Waals surface area (Å²) in [4.78, 5) is 2.23. The number of nitrogens with zero attached hydrogens (tertiary/aromatic N) is 1. The molecule has 3 nitrogen and oxygen atoms in total. The Morgan fingerprint density at radius 1 is 1.50 bits per heavy atom. The van der Waals surface area contributed by atoms with E-state index in [4.69, 9.17) is 16.3 Å². The Bertz CT molecular complexity index is 391. The maximum Gasteiger partial charge on any atom is 0.0750 e. The molecule has 1 heterocycles. The van der Waals surface area contributed by atoms with Crippen LogP contribution in [0.1, 0.15) is 25.3 Å². The van der Waals surface area contributed by atoms with E-state index in [-0.39, 0.29) is 6.61 Å². The molecule has 2 rings (SSSR count). The molecule has 1 atom stereocenters. The van der Waals surface area contributed by atoms with Gasteiger partial charge in [0, 0.05) is 36.0 Å². The third-order valence-electron chi connectivity index (χ3n) is 3.42. The molecule has 0 saturated carbocycles. The molecule has 0 aliphatic carbocycles. The van der Waals surface area contributed by atoms with Gasteiger partial charge in [-0.3, -0.25) is 0 Å². The topological polar surface area (TPSA) is 32.7 Å². The number of halogens is 1. The first-order valence-corrected chi connectivity index (χ1v) is 6.88. The van der Waals surface area contributed by atoms with Crippen molar-refractivity contribution in [3.8, 4) is 0 Å². The van der Waals surface area contributed by atoms with Gasteiger partial charge in [-0.25, -0.2) is 0 Å². The minimum Gasteiger partial charge on any atom is -0.392 e. The molecule has 1 saturated heterocycles. The first-order chi connectivity index (χ1) is 8.76. The zero-order valence-corrected chi connectivity index (χ0v) is 11.5. The van der Waals surface area contributed by atoms with E-state index in [2.05, 4.69) is 11.8 Å². The minimum atomic E-state index is -0.0307. The van der Waals surface area contributed by atoms with Gasteiger partial charge in [0.1, 0.15) is 0 Å². The summed E-state index contributed by atoms with van der Waals surface area (Å²) in [5, 5.41) is 10.1. The lowest BCUT2D eigenvalue weighted by Gasteiger charge is -2.28. The van der Waals surface area contributed by atoms with Crippen molar-refractivity contribution in [2.45, 2.75) is 32.5 Å². The van der Waals surface area contributed by atoms with Gasteiger partial charge in [0.25, 0.3) is 0 Å². The van der Waals surface area contributed by atoms with Crippen molar-refractivity contribution in [2.75, 3.05) is 24.6 Å². The van der Waals surface area contributed by atoms with Crippen LogP contribution in [0.25, 0.3) is 0 Å². The van der Waals surface area contributed by atoms with Crippen LogP contribution in [0.4, 0.5) is 5.69 Å². The van der Waals surface area contributed by atoms with Gasteiger partial charge in [0.2, 0.25) is 0 Å². The molecule has 1 N–H and O–H groups in total. The van der Waals surface area contributed by atoms with Crippen LogP contribution in [-0.2, 0) is 11.3 Å². The van der Waals surface area contributed by atoms with Gasteiger partial charge in [-0.05, 0) is 31.9 Å². The molecular weight excluding hydrogens is 250 g/mol. The highest BCUT2D eigenvalue weighted by molar-refractivity contribution is 6.31. The molecule has 1 fully saturated rings. The fraction of sp³-hybridized carbons (Fsp3) is 0.571. The Morgan fingerprint density at radius 3 is 2.94 bits per heavy atom. The SMILES string of the molecule is CCN(CC1CCCO1)c1cccc(Cl)c1CO. The van der Waals surface area contributed by atoms with Crippen LogP contribution in [0.3, 0.4) is 0 Å². The van der Waals surface area contributed by atoms with Crippen LogP contribution >= 0.6 is 11.6 Å². The number of benzene rings is 1. The predicted octanol–water partition coefficient (Wildman–Crippen LogP) is 2.84. The fourth-order valence-corrected chi connectivity index (χ4v) is 2.66. The predicted molar refractivity (Wildman–Crippen MR) is 74.2 cm³/mol. The molecule has 1 aromatic rings. The van der Waals surface area contributed by atoms with Gasteiger partial charge >= 0.3 is 0 Å². The van der Waals surface area contributed by atoms with E-state index < -0.39 is 0 Å². The van der Waals surface area contributed by atoms with E-state index in [0.717, 1.165) is 43.8 Å². The van der Waals surface area contributed by atoms with E-state index in [0.29, 0.717) is 11.1 Å². The number of anilines is 1. The maximum absolute atomic E-state index is 9.46. The van der Waals surface area contributed by atoms with Crippen molar-refractivity contribution < 1.29 is 9.84 Å². The highest BCUT2D eigenvalue weighted by Gasteiger charge is 2.20. The number of aliphatic hydroxyl groups is 1. The summed E-state index contributed by atoms with van der Waals surface area (Å²) in [6.07, 6.45) is 2.56. The molecule has 100 valence electrons. The van der Waals surface area contributed by atoms with E-state index in [9.17, 15) is 5.11 Å². The average molecular weight is 270 g/mol. The largest absolute Gasteiger partial charge is 0.392 e. The molecule has 0 radical (unpaired) electrons. The smallest absolute Gasteiger partial charge is 0.0750 e. The van der Waals surface area contributed by atoms with Crippen molar-refractivity contribution in [1.29, 1.82) is 0 Å². The molecule has 0 spiro atoms. The van der Waals surface area contributed by atoms with E-state index in [1.165, 1.54) is 0 Å². The van der Waals surface area contributed by atoms with E-state index >= 15 is 0 Å². The molecule has 18 heavy (non-hydrogen) atoms. The van der Waals surface area contributed by atoms with Gasteiger partial charge in [-0.2, -0.15) is 0 Å². The van der Waals surface area contributed by atoms with Crippen molar-refractivity contribution in [1.82, 2.24) is 0 Å². The monoisotopic (exact) mass is 269 g/mol. The zero-order chi connectivity index (χ0) is 13.0. The Kier molecular flexibility index (Phi) is 4.87. The fourth-order valence-electron chi connectivity index (χ4n) is 2.43. The summed E-state index contributed by atoms with van der Waals surface area (Å²) >= 11 is 6.13. The summed E-state index contributed by atoms with van der Waals surface area (Å²) in [5.74, 6) is 0. The van der Waals surface area contributed by atoms with Crippen LogP contribution in [-0.4, -0.2) is 30.9 Å². The Morgan fingerprint density at radius 2 is 2.33 bits per heavy atom. The van der Waals surface area contributed by atoms with Gasteiger partial charge in [-0.15, -0.1) is 0 Å². The number of rotatable bonds is 5. The first kappa shape index (κ1) is 13.7. The van der Waals surface area contributed by atoms with Crippen molar-refractivity contribution in [3.05, 3.63) is 28.8 Å². The summed E-state index contributed by atoms with van der Waals surface area (Å²) < 4.78 is 5.67. The van der Waals surface area contributed by atoms with Crippen LogP contribution in [0.15, 0.2) is 18.2 Å². The van der Waals surface area contributed by atoms with Gasteiger partial charge < -0.3 is 14.7 Å². The third kappa shape index (κ3) is 2.97. The maximum atomic E-state index is 9.46.